The SMILES string of the molecule is COc1ccc(CN2CCCN(C(=O)CCCOc3ccc(C#N)cc3OC)CC2)cc1. The van der Waals surface area contributed by atoms with Crippen LogP contribution in [0.5, 0.6) is 17.2 Å². The second-order valence-electron chi connectivity index (χ2n) is 7.79. The molecule has 0 aromatic heterocycles. The van der Waals surface area contributed by atoms with E-state index >= 15 is 0 Å². The molecule has 0 N–H and O–H groups in total. The lowest BCUT2D eigenvalue weighted by molar-refractivity contribution is -0.131. The minimum absolute atomic E-state index is 0.173. The molecule has 3 rings (SSSR count). The predicted octanol–water partition coefficient (Wildman–Crippen LogP) is 3.47. The first-order valence-corrected chi connectivity index (χ1v) is 11.0. The lowest BCUT2D eigenvalue weighted by atomic mass is 10.2. The maximum Gasteiger partial charge on any atom is 0.222 e. The fourth-order valence-corrected chi connectivity index (χ4v) is 3.79. The Hall–Kier alpha value is -3.24. The number of hydrogen-bond donors (Lipinski definition) is 0. The van der Waals surface area contributed by atoms with Gasteiger partial charge in [0.25, 0.3) is 0 Å². The Kier molecular flexibility index (Phi) is 8.76. The van der Waals surface area contributed by atoms with E-state index in [2.05, 4.69) is 23.1 Å². The summed E-state index contributed by atoms with van der Waals surface area (Å²) in [7, 11) is 3.22. The molecule has 2 aromatic carbocycles. The molecule has 1 fully saturated rings. The van der Waals surface area contributed by atoms with Gasteiger partial charge >= 0.3 is 0 Å². The Morgan fingerprint density at radius 2 is 1.81 bits per heavy atom. The largest absolute Gasteiger partial charge is 0.497 e. The summed E-state index contributed by atoms with van der Waals surface area (Å²) >= 11 is 0. The molecule has 0 radical (unpaired) electrons. The Balaban J connectivity index is 1.40. The molecule has 7 nitrogen and oxygen atoms in total. The minimum Gasteiger partial charge on any atom is -0.497 e. The van der Waals surface area contributed by atoms with E-state index in [1.54, 1.807) is 32.4 Å². The van der Waals surface area contributed by atoms with Crippen LogP contribution in [0.3, 0.4) is 0 Å². The molecule has 0 bridgehead atoms. The first-order valence-electron chi connectivity index (χ1n) is 11.0. The smallest absolute Gasteiger partial charge is 0.222 e. The number of hydrogen-bond acceptors (Lipinski definition) is 6. The highest BCUT2D eigenvalue weighted by atomic mass is 16.5. The zero-order valence-electron chi connectivity index (χ0n) is 18.9. The van der Waals surface area contributed by atoms with Crippen molar-refractivity contribution in [3.8, 4) is 23.3 Å². The maximum atomic E-state index is 12.7. The Bertz CT molecular complexity index is 924. The predicted molar refractivity (Wildman–Crippen MR) is 122 cm³/mol. The summed E-state index contributed by atoms with van der Waals surface area (Å²) in [6.45, 7) is 4.70. The molecule has 7 heteroatoms. The number of nitriles is 1. The molecule has 0 atom stereocenters. The molecule has 1 heterocycles. The van der Waals surface area contributed by atoms with Gasteiger partial charge in [0.15, 0.2) is 11.5 Å². The van der Waals surface area contributed by atoms with E-state index in [1.807, 2.05) is 17.0 Å². The van der Waals surface area contributed by atoms with Crippen molar-refractivity contribution in [2.24, 2.45) is 0 Å². The summed E-state index contributed by atoms with van der Waals surface area (Å²) in [5, 5.41) is 8.98. The van der Waals surface area contributed by atoms with Crippen molar-refractivity contribution in [1.29, 1.82) is 5.26 Å². The van der Waals surface area contributed by atoms with E-state index in [4.69, 9.17) is 19.5 Å². The van der Waals surface area contributed by atoms with E-state index in [1.165, 1.54) is 5.56 Å². The van der Waals surface area contributed by atoms with Crippen LogP contribution in [0.4, 0.5) is 0 Å². The highest BCUT2D eigenvalue weighted by molar-refractivity contribution is 5.76. The van der Waals surface area contributed by atoms with Gasteiger partial charge in [0.05, 0.1) is 32.5 Å². The molecule has 0 saturated carbocycles. The van der Waals surface area contributed by atoms with Crippen LogP contribution in [0.1, 0.15) is 30.4 Å². The van der Waals surface area contributed by atoms with Gasteiger partial charge < -0.3 is 19.1 Å². The number of carbonyl (C=O) groups is 1. The lowest BCUT2D eigenvalue weighted by Crippen LogP contribution is -2.35. The number of carbonyl (C=O) groups excluding carboxylic acids is 1. The monoisotopic (exact) mass is 437 g/mol. The van der Waals surface area contributed by atoms with E-state index in [-0.39, 0.29) is 5.91 Å². The summed E-state index contributed by atoms with van der Waals surface area (Å²) in [6, 6.07) is 15.3. The molecule has 1 amide bonds. The van der Waals surface area contributed by atoms with Gasteiger partial charge in [-0.05, 0) is 42.7 Å². The Morgan fingerprint density at radius 3 is 2.53 bits per heavy atom. The summed E-state index contributed by atoms with van der Waals surface area (Å²) < 4.78 is 16.3. The van der Waals surface area contributed by atoms with Crippen LogP contribution in [0, 0.1) is 11.3 Å². The third kappa shape index (κ3) is 6.63. The molecule has 0 aliphatic carbocycles. The average Bonchev–Trinajstić information content (AvgIpc) is 3.07. The van der Waals surface area contributed by atoms with Crippen molar-refractivity contribution in [3.63, 3.8) is 0 Å². The lowest BCUT2D eigenvalue weighted by Gasteiger charge is -2.22. The number of benzene rings is 2. The summed E-state index contributed by atoms with van der Waals surface area (Å²) in [6.07, 6.45) is 2.06. The van der Waals surface area contributed by atoms with E-state index < -0.39 is 0 Å². The fraction of sp³-hybridized carbons (Fsp3) is 0.440. The van der Waals surface area contributed by atoms with Crippen LogP contribution in [0.15, 0.2) is 42.5 Å². The summed E-state index contributed by atoms with van der Waals surface area (Å²) in [4.78, 5) is 17.0. The molecule has 32 heavy (non-hydrogen) atoms. The molecular formula is C25H31N3O4. The van der Waals surface area contributed by atoms with Gasteiger partial charge in [0.1, 0.15) is 5.75 Å². The van der Waals surface area contributed by atoms with Crippen LogP contribution in [0.2, 0.25) is 0 Å². The highest BCUT2D eigenvalue weighted by Crippen LogP contribution is 2.28. The second-order valence-corrected chi connectivity index (χ2v) is 7.79. The number of methoxy groups -OCH3 is 2. The third-order valence-corrected chi connectivity index (χ3v) is 5.59. The molecule has 170 valence electrons. The van der Waals surface area contributed by atoms with Crippen LogP contribution in [0.25, 0.3) is 0 Å². The highest BCUT2D eigenvalue weighted by Gasteiger charge is 2.19. The molecule has 1 aliphatic rings. The molecular weight excluding hydrogens is 406 g/mol. The molecule has 0 spiro atoms. The normalized spacial score (nSPS) is 14.3. The molecule has 0 unspecified atom stereocenters. The van der Waals surface area contributed by atoms with E-state index in [0.29, 0.717) is 36.5 Å². The van der Waals surface area contributed by atoms with Crippen LogP contribution in [-0.4, -0.2) is 62.7 Å². The van der Waals surface area contributed by atoms with Crippen LogP contribution >= 0.6 is 0 Å². The van der Waals surface area contributed by atoms with Crippen molar-refractivity contribution in [3.05, 3.63) is 53.6 Å². The van der Waals surface area contributed by atoms with Gasteiger partial charge in [-0.2, -0.15) is 5.26 Å². The van der Waals surface area contributed by atoms with Gasteiger partial charge in [-0.25, -0.2) is 0 Å². The van der Waals surface area contributed by atoms with Crippen molar-refractivity contribution < 1.29 is 19.0 Å². The Morgan fingerprint density at radius 1 is 1.00 bits per heavy atom. The van der Waals surface area contributed by atoms with Gasteiger partial charge in [-0.1, -0.05) is 12.1 Å². The topological polar surface area (TPSA) is 75.0 Å². The summed E-state index contributed by atoms with van der Waals surface area (Å²) in [5.41, 5.74) is 1.77. The minimum atomic E-state index is 0.173. The van der Waals surface area contributed by atoms with Gasteiger partial charge in [-0.15, -0.1) is 0 Å². The quantitative estimate of drug-likeness (QED) is 0.559. The van der Waals surface area contributed by atoms with Crippen molar-refractivity contribution in [2.45, 2.75) is 25.8 Å². The van der Waals surface area contributed by atoms with Crippen molar-refractivity contribution >= 4 is 5.91 Å². The number of rotatable bonds is 9. The number of amides is 1. The third-order valence-electron chi connectivity index (χ3n) is 5.59. The standard InChI is InChI=1S/C25H31N3O4/c1-30-22-9-6-20(7-10-22)19-27-12-4-13-28(15-14-27)25(29)5-3-16-32-23-11-8-21(18-26)17-24(23)31-2/h6-11,17H,3-5,12-16,19H2,1-2H3. The maximum absolute atomic E-state index is 12.7. The molecule has 1 saturated heterocycles. The van der Waals surface area contributed by atoms with Crippen LogP contribution < -0.4 is 14.2 Å². The van der Waals surface area contributed by atoms with Crippen molar-refractivity contribution in [1.82, 2.24) is 9.80 Å². The van der Waals surface area contributed by atoms with Gasteiger partial charge in [-0.3, -0.25) is 9.69 Å². The van der Waals surface area contributed by atoms with E-state index in [0.717, 1.165) is 44.9 Å². The number of ether oxygens (including phenoxy) is 3. The van der Waals surface area contributed by atoms with Gasteiger partial charge in [0.2, 0.25) is 5.91 Å². The second kappa shape index (κ2) is 12.0. The zero-order chi connectivity index (χ0) is 22.8. The van der Waals surface area contributed by atoms with Crippen molar-refractivity contribution in [2.75, 3.05) is 47.0 Å². The van der Waals surface area contributed by atoms with Crippen LogP contribution in [-0.2, 0) is 11.3 Å². The first-order chi connectivity index (χ1) is 15.6. The van der Waals surface area contributed by atoms with Gasteiger partial charge in [0, 0.05) is 45.2 Å². The first kappa shape index (κ1) is 23.4. The fourth-order valence-electron chi connectivity index (χ4n) is 3.79. The average molecular weight is 438 g/mol. The molecule has 1 aliphatic heterocycles. The van der Waals surface area contributed by atoms with E-state index in [9.17, 15) is 4.79 Å². The Labute approximate surface area is 190 Å². The zero-order valence-corrected chi connectivity index (χ0v) is 18.9. The molecule has 2 aromatic rings. The number of nitrogens with zero attached hydrogens (tertiary/aromatic N) is 3. The summed E-state index contributed by atoms with van der Waals surface area (Å²) in [5.74, 6) is 2.15.